The Balaban J connectivity index is 2.72. The van der Waals surface area contributed by atoms with Crippen LogP contribution in [0.4, 0.5) is 0 Å². The molecule has 1 aliphatic heterocycles. The second-order valence-corrected chi connectivity index (χ2v) is 6.63. The number of rotatable bonds is 7. The first-order valence-electron chi connectivity index (χ1n) is 8.14. The second kappa shape index (κ2) is 7.61. The van der Waals surface area contributed by atoms with E-state index in [2.05, 4.69) is 56.8 Å². The van der Waals surface area contributed by atoms with Gasteiger partial charge in [-0.15, -0.1) is 0 Å². The molecule has 1 rings (SSSR count). The lowest BCUT2D eigenvalue weighted by molar-refractivity contribution is 0.00546. The van der Waals surface area contributed by atoms with Crippen molar-refractivity contribution in [3.05, 3.63) is 0 Å². The summed E-state index contributed by atoms with van der Waals surface area (Å²) in [5, 5.41) is 3.72. The van der Waals surface area contributed by atoms with Gasteiger partial charge in [-0.1, -0.05) is 27.2 Å². The van der Waals surface area contributed by atoms with E-state index in [1.165, 1.54) is 38.9 Å². The Morgan fingerprint density at radius 1 is 1.16 bits per heavy atom. The van der Waals surface area contributed by atoms with Gasteiger partial charge in [0.15, 0.2) is 0 Å². The molecule has 0 amide bonds. The molecule has 2 atom stereocenters. The van der Waals surface area contributed by atoms with E-state index in [9.17, 15) is 0 Å². The molecule has 0 aliphatic carbocycles. The average Bonchev–Trinajstić information content (AvgIpc) is 2.35. The second-order valence-electron chi connectivity index (χ2n) is 6.63. The summed E-state index contributed by atoms with van der Waals surface area (Å²) in [7, 11) is 2.26. The fourth-order valence-electron chi connectivity index (χ4n) is 3.36. The van der Waals surface area contributed by atoms with Crippen LogP contribution in [0.25, 0.3) is 0 Å². The van der Waals surface area contributed by atoms with E-state index >= 15 is 0 Å². The van der Waals surface area contributed by atoms with Gasteiger partial charge in [0, 0.05) is 37.3 Å². The van der Waals surface area contributed by atoms with Crippen molar-refractivity contribution in [2.75, 3.05) is 33.2 Å². The zero-order chi connectivity index (χ0) is 14.5. The van der Waals surface area contributed by atoms with E-state index in [0.717, 1.165) is 6.54 Å². The normalized spacial score (nSPS) is 24.3. The summed E-state index contributed by atoms with van der Waals surface area (Å²) in [5.74, 6) is 0. The van der Waals surface area contributed by atoms with Gasteiger partial charge < -0.3 is 5.32 Å². The molecule has 0 spiro atoms. The molecular formula is C16H35N3. The SMILES string of the molecule is CCCC(NCC)C(CC)N1CCN(C)C(C)(C)C1. The van der Waals surface area contributed by atoms with E-state index in [1.807, 2.05) is 0 Å². The Hall–Kier alpha value is -0.120. The van der Waals surface area contributed by atoms with Gasteiger partial charge in [0.25, 0.3) is 0 Å². The van der Waals surface area contributed by atoms with Crippen molar-refractivity contribution in [1.82, 2.24) is 15.1 Å². The van der Waals surface area contributed by atoms with E-state index < -0.39 is 0 Å². The van der Waals surface area contributed by atoms with Crippen molar-refractivity contribution in [3.63, 3.8) is 0 Å². The average molecular weight is 269 g/mol. The highest BCUT2D eigenvalue weighted by Crippen LogP contribution is 2.23. The van der Waals surface area contributed by atoms with Crippen LogP contribution in [0.3, 0.4) is 0 Å². The Bertz CT molecular complexity index is 246. The van der Waals surface area contributed by atoms with E-state index in [1.54, 1.807) is 0 Å². The summed E-state index contributed by atoms with van der Waals surface area (Å²) >= 11 is 0. The van der Waals surface area contributed by atoms with Crippen molar-refractivity contribution < 1.29 is 0 Å². The quantitative estimate of drug-likeness (QED) is 0.766. The molecule has 1 N–H and O–H groups in total. The molecule has 0 radical (unpaired) electrons. The van der Waals surface area contributed by atoms with Crippen LogP contribution in [-0.4, -0.2) is 60.6 Å². The fourth-order valence-corrected chi connectivity index (χ4v) is 3.36. The van der Waals surface area contributed by atoms with E-state index in [4.69, 9.17) is 0 Å². The molecule has 0 saturated carbocycles. The predicted octanol–water partition coefficient (Wildman–Crippen LogP) is 2.57. The summed E-state index contributed by atoms with van der Waals surface area (Å²) in [5.41, 5.74) is 0.300. The Morgan fingerprint density at radius 2 is 1.84 bits per heavy atom. The minimum atomic E-state index is 0.300. The molecule has 0 bridgehead atoms. The van der Waals surface area contributed by atoms with Gasteiger partial charge in [-0.2, -0.15) is 0 Å². The van der Waals surface area contributed by atoms with Crippen LogP contribution >= 0.6 is 0 Å². The predicted molar refractivity (Wildman–Crippen MR) is 84.7 cm³/mol. The van der Waals surface area contributed by atoms with Gasteiger partial charge in [-0.05, 0) is 40.3 Å². The molecule has 1 aliphatic rings. The number of likely N-dealkylation sites (N-methyl/N-ethyl adjacent to an activating group) is 2. The Kier molecular flexibility index (Phi) is 6.78. The molecule has 1 saturated heterocycles. The fraction of sp³-hybridized carbons (Fsp3) is 1.00. The van der Waals surface area contributed by atoms with Crippen LogP contribution in [0.15, 0.2) is 0 Å². The number of hydrogen-bond donors (Lipinski definition) is 1. The van der Waals surface area contributed by atoms with E-state index in [0.29, 0.717) is 17.6 Å². The smallest absolute Gasteiger partial charge is 0.0277 e. The van der Waals surface area contributed by atoms with Gasteiger partial charge in [0.1, 0.15) is 0 Å². The lowest BCUT2D eigenvalue weighted by Crippen LogP contribution is -2.62. The van der Waals surface area contributed by atoms with Gasteiger partial charge in [-0.3, -0.25) is 9.80 Å². The summed E-state index contributed by atoms with van der Waals surface area (Å²) in [4.78, 5) is 5.22. The standard InChI is InChI=1S/C16H35N3/c1-7-10-14(17-9-3)15(8-2)19-12-11-18(6)16(4,5)13-19/h14-15,17H,7-13H2,1-6H3. The zero-order valence-electron chi connectivity index (χ0n) is 14.0. The van der Waals surface area contributed by atoms with E-state index in [-0.39, 0.29) is 0 Å². The van der Waals surface area contributed by atoms with Crippen LogP contribution in [-0.2, 0) is 0 Å². The Morgan fingerprint density at radius 3 is 2.32 bits per heavy atom. The maximum Gasteiger partial charge on any atom is 0.0277 e. The topological polar surface area (TPSA) is 18.5 Å². The first-order valence-corrected chi connectivity index (χ1v) is 8.14. The third-order valence-corrected chi connectivity index (χ3v) is 4.76. The largest absolute Gasteiger partial charge is 0.313 e. The maximum atomic E-state index is 3.72. The molecule has 114 valence electrons. The lowest BCUT2D eigenvalue weighted by atomic mass is 9.93. The molecule has 0 aromatic heterocycles. The molecule has 19 heavy (non-hydrogen) atoms. The van der Waals surface area contributed by atoms with Gasteiger partial charge >= 0.3 is 0 Å². The number of nitrogens with one attached hydrogen (secondary N) is 1. The van der Waals surface area contributed by atoms with Crippen molar-refractivity contribution in [2.45, 2.75) is 71.5 Å². The third kappa shape index (κ3) is 4.44. The molecule has 0 aromatic carbocycles. The molecule has 3 heteroatoms. The highest BCUT2D eigenvalue weighted by Gasteiger charge is 2.35. The van der Waals surface area contributed by atoms with Crippen LogP contribution in [0.2, 0.25) is 0 Å². The molecule has 0 aromatic rings. The number of piperazine rings is 1. The van der Waals surface area contributed by atoms with Crippen LogP contribution < -0.4 is 5.32 Å². The molecule has 2 unspecified atom stereocenters. The first kappa shape index (κ1) is 16.9. The molecular weight excluding hydrogens is 234 g/mol. The third-order valence-electron chi connectivity index (χ3n) is 4.76. The molecule has 1 heterocycles. The van der Waals surface area contributed by atoms with Crippen molar-refractivity contribution >= 4 is 0 Å². The summed E-state index contributed by atoms with van der Waals surface area (Å²) in [6.07, 6.45) is 3.81. The number of nitrogens with zero attached hydrogens (tertiary/aromatic N) is 2. The highest BCUT2D eigenvalue weighted by atomic mass is 15.3. The van der Waals surface area contributed by atoms with Crippen LogP contribution in [0.5, 0.6) is 0 Å². The zero-order valence-corrected chi connectivity index (χ0v) is 14.0. The van der Waals surface area contributed by atoms with Crippen molar-refractivity contribution in [1.29, 1.82) is 0 Å². The number of hydrogen-bond acceptors (Lipinski definition) is 3. The molecule has 1 fully saturated rings. The van der Waals surface area contributed by atoms with Crippen molar-refractivity contribution in [2.24, 2.45) is 0 Å². The minimum absolute atomic E-state index is 0.300. The monoisotopic (exact) mass is 269 g/mol. The summed E-state index contributed by atoms with van der Waals surface area (Å²) < 4.78 is 0. The first-order chi connectivity index (χ1) is 8.96. The maximum absolute atomic E-state index is 3.72. The highest BCUT2D eigenvalue weighted by molar-refractivity contribution is 4.93. The van der Waals surface area contributed by atoms with Crippen LogP contribution in [0, 0.1) is 0 Å². The van der Waals surface area contributed by atoms with Gasteiger partial charge in [0.05, 0.1) is 0 Å². The van der Waals surface area contributed by atoms with Gasteiger partial charge in [0.2, 0.25) is 0 Å². The summed E-state index contributed by atoms with van der Waals surface area (Å²) in [6.45, 7) is 16.3. The summed E-state index contributed by atoms with van der Waals surface area (Å²) in [6, 6.07) is 1.34. The van der Waals surface area contributed by atoms with Crippen LogP contribution in [0.1, 0.15) is 53.9 Å². The molecule has 3 nitrogen and oxygen atoms in total. The minimum Gasteiger partial charge on any atom is -0.313 e. The Labute approximate surface area is 120 Å². The lowest BCUT2D eigenvalue weighted by Gasteiger charge is -2.49. The van der Waals surface area contributed by atoms with Crippen molar-refractivity contribution in [3.8, 4) is 0 Å². The van der Waals surface area contributed by atoms with Gasteiger partial charge in [-0.25, -0.2) is 0 Å².